The van der Waals surface area contributed by atoms with Crippen LogP contribution in [0, 0.1) is 0 Å². The molecule has 0 heterocycles. The Morgan fingerprint density at radius 2 is 1.84 bits per heavy atom. The van der Waals surface area contributed by atoms with Crippen molar-refractivity contribution < 1.29 is 14.7 Å². The first kappa shape index (κ1) is 18.5. The Morgan fingerprint density at radius 1 is 1.12 bits per heavy atom. The number of aryl methyl sites for hydroxylation is 1. The van der Waals surface area contributed by atoms with E-state index in [1.807, 2.05) is 45.0 Å². The van der Waals surface area contributed by atoms with E-state index in [0.29, 0.717) is 0 Å². The number of aromatic hydroxyl groups is 1. The minimum Gasteiger partial charge on any atom is -0.507 e. The summed E-state index contributed by atoms with van der Waals surface area (Å²) in [5.41, 5.74) is 2.90. The first-order valence-corrected chi connectivity index (χ1v) is 8.41. The van der Waals surface area contributed by atoms with Crippen LogP contribution in [0.3, 0.4) is 0 Å². The Kier molecular flexibility index (Phi) is 6.17. The maximum atomic E-state index is 12.3. The molecule has 0 bridgehead atoms. The molecule has 0 fully saturated rings. The zero-order valence-corrected chi connectivity index (χ0v) is 14.8. The summed E-state index contributed by atoms with van der Waals surface area (Å²) in [6, 6.07) is 12.5. The summed E-state index contributed by atoms with van der Waals surface area (Å²) in [7, 11) is 0. The van der Waals surface area contributed by atoms with E-state index in [2.05, 4.69) is 10.6 Å². The molecule has 0 atom stereocenters. The SMILES string of the molecule is CCc1ccccc1NC(=O)CNC(=O)c1cc(C(C)C)ccc1O. The molecule has 0 radical (unpaired) electrons. The number of nitrogens with one attached hydrogen (secondary N) is 2. The van der Waals surface area contributed by atoms with Gasteiger partial charge in [0.25, 0.3) is 5.91 Å². The third-order valence-corrected chi connectivity index (χ3v) is 4.01. The van der Waals surface area contributed by atoms with Gasteiger partial charge in [0.1, 0.15) is 5.75 Å². The van der Waals surface area contributed by atoms with Gasteiger partial charge in [-0.3, -0.25) is 9.59 Å². The Hall–Kier alpha value is -2.82. The van der Waals surface area contributed by atoms with E-state index >= 15 is 0 Å². The fraction of sp³-hybridized carbons (Fsp3) is 0.300. The minimum absolute atomic E-state index is 0.0985. The predicted octanol–water partition coefficient (Wildman–Crippen LogP) is 3.45. The molecule has 132 valence electrons. The second-order valence-electron chi connectivity index (χ2n) is 6.17. The van der Waals surface area contributed by atoms with Crippen molar-refractivity contribution in [2.75, 3.05) is 11.9 Å². The largest absolute Gasteiger partial charge is 0.507 e. The van der Waals surface area contributed by atoms with Gasteiger partial charge in [-0.05, 0) is 41.7 Å². The molecule has 0 aliphatic heterocycles. The van der Waals surface area contributed by atoms with Crippen LogP contribution in [0.4, 0.5) is 5.69 Å². The molecule has 0 aliphatic rings. The summed E-state index contributed by atoms with van der Waals surface area (Å²) in [6.07, 6.45) is 0.804. The maximum Gasteiger partial charge on any atom is 0.255 e. The van der Waals surface area contributed by atoms with Crippen molar-refractivity contribution in [3.63, 3.8) is 0 Å². The molecule has 0 aromatic heterocycles. The van der Waals surface area contributed by atoms with Crippen LogP contribution >= 0.6 is 0 Å². The van der Waals surface area contributed by atoms with Crippen LogP contribution in [0.25, 0.3) is 0 Å². The van der Waals surface area contributed by atoms with Crippen molar-refractivity contribution in [3.05, 3.63) is 59.2 Å². The van der Waals surface area contributed by atoms with Gasteiger partial charge < -0.3 is 15.7 Å². The zero-order valence-electron chi connectivity index (χ0n) is 14.8. The normalized spacial score (nSPS) is 10.6. The number of phenols is 1. The second-order valence-corrected chi connectivity index (χ2v) is 6.17. The molecule has 2 aromatic rings. The number of para-hydroxylation sites is 1. The Balaban J connectivity index is 2.00. The highest BCUT2D eigenvalue weighted by Gasteiger charge is 2.14. The van der Waals surface area contributed by atoms with Crippen molar-refractivity contribution in [1.29, 1.82) is 0 Å². The van der Waals surface area contributed by atoms with E-state index in [4.69, 9.17) is 0 Å². The average molecular weight is 340 g/mol. The van der Waals surface area contributed by atoms with Gasteiger partial charge in [0, 0.05) is 5.69 Å². The fourth-order valence-corrected chi connectivity index (χ4v) is 2.50. The molecule has 0 spiro atoms. The topological polar surface area (TPSA) is 78.4 Å². The summed E-state index contributed by atoms with van der Waals surface area (Å²) < 4.78 is 0. The summed E-state index contributed by atoms with van der Waals surface area (Å²) in [5.74, 6) is -0.646. The van der Waals surface area contributed by atoms with Crippen molar-refractivity contribution >= 4 is 17.5 Å². The molecule has 2 rings (SSSR count). The average Bonchev–Trinajstić information content (AvgIpc) is 2.60. The molecular formula is C20H24N2O3. The van der Waals surface area contributed by atoms with Crippen LogP contribution in [0.2, 0.25) is 0 Å². The lowest BCUT2D eigenvalue weighted by Crippen LogP contribution is -2.33. The number of carbonyl (C=O) groups excluding carboxylic acids is 2. The van der Waals surface area contributed by atoms with Crippen LogP contribution in [-0.2, 0) is 11.2 Å². The molecule has 0 unspecified atom stereocenters. The quantitative estimate of drug-likeness (QED) is 0.754. The van der Waals surface area contributed by atoms with Gasteiger partial charge in [0.05, 0.1) is 12.1 Å². The number of carbonyl (C=O) groups is 2. The van der Waals surface area contributed by atoms with Crippen molar-refractivity contribution in [1.82, 2.24) is 5.32 Å². The van der Waals surface area contributed by atoms with Gasteiger partial charge in [-0.15, -0.1) is 0 Å². The van der Waals surface area contributed by atoms with E-state index in [0.717, 1.165) is 23.2 Å². The summed E-state index contributed by atoms with van der Waals surface area (Å²) in [6.45, 7) is 5.86. The molecule has 0 saturated carbocycles. The summed E-state index contributed by atoms with van der Waals surface area (Å²) in [4.78, 5) is 24.4. The number of anilines is 1. The molecule has 5 heteroatoms. The van der Waals surface area contributed by atoms with Crippen LogP contribution in [0.15, 0.2) is 42.5 Å². The van der Waals surface area contributed by atoms with Crippen LogP contribution < -0.4 is 10.6 Å². The summed E-state index contributed by atoms with van der Waals surface area (Å²) in [5, 5.41) is 15.2. The summed E-state index contributed by atoms with van der Waals surface area (Å²) >= 11 is 0. The number of amides is 2. The molecular weight excluding hydrogens is 316 g/mol. The molecule has 3 N–H and O–H groups in total. The zero-order chi connectivity index (χ0) is 18.4. The number of hydrogen-bond acceptors (Lipinski definition) is 3. The first-order valence-electron chi connectivity index (χ1n) is 8.41. The third-order valence-electron chi connectivity index (χ3n) is 4.01. The number of rotatable bonds is 6. The van der Waals surface area contributed by atoms with Gasteiger partial charge in [0.2, 0.25) is 5.91 Å². The smallest absolute Gasteiger partial charge is 0.255 e. The second kappa shape index (κ2) is 8.33. The van der Waals surface area contributed by atoms with Crippen LogP contribution in [-0.4, -0.2) is 23.5 Å². The highest BCUT2D eigenvalue weighted by Crippen LogP contribution is 2.23. The molecule has 25 heavy (non-hydrogen) atoms. The lowest BCUT2D eigenvalue weighted by molar-refractivity contribution is -0.115. The molecule has 5 nitrogen and oxygen atoms in total. The van der Waals surface area contributed by atoms with Crippen LogP contribution in [0.1, 0.15) is 48.2 Å². The van der Waals surface area contributed by atoms with Crippen LogP contribution in [0.5, 0.6) is 5.75 Å². The van der Waals surface area contributed by atoms with Crippen molar-refractivity contribution in [2.45, 2.75) is 33.1 Å². The Bertz CT molecular complexity index is 769. The maximum absolute atomic E-state index is 12.3. The minimum atomic E-state index is -0.473. The lowest BCUT2D eigenvalue weighted by atomic mass is 10.00. The van der Waals surface area contributed by atoms with Gasteiger partial charge in [0.15, 0.2) is 0 Å². The Morgan fingerprint density at radius 3 is 2.52 bits per heavy atom. The third kappa shape index (κ3) is 4.83. The van der Waals surface area contributed by atoms with Crippen molar-refractivity contribution in [3.8, 4) is 5.75 Å². The number of benzene rings is 2. The van der Waals surface area contributed by atoms with E-state index in [9.17, 15) is 14.7 Å². The Labute approximate surface area is 148 Å². The first-order chi connectivity index (χ1) is 11.9. The van der Waals surface area contributed by atoms with E-state index < -0.39 is 5.91 Å². The molecule has 0 aliphatic carbocycles. The number of phenolic OH excluding ortho intramolecular Hbond substituents is 1. The molecule has 2 aromatic carbocycles. The predicted molar refractivity (Wildman–Crippen MR) is 99.0 cm³/mol. The van der Waals surface area contributed by atoms with Gasteiger partial charge in [-0.25, -0.2) is 0 Å². The van der Waals surface area contributed by atoms with E-state index in [1.54, 1.807) is 12.1 Å². The standard InChI is InChI=1S/C20H24N2O3/c1-4-14-7-5-6-8-17(14)22-19(24)12-21-20(25)16-11-15(13(2)3)9-10-18(16)23/h5-11,13,23H,4,12H2,1-3H3,(H,21,25)(H,22,24). The van der Waals surface area contributed by atoms with Gasteiger partial charge >= 0.3 is 0 Å². The molecule has 2 amide bonds. The monoisotopic (exact) mass is 340 g/mol. The lowest BCUT2D eigenvalue weighted by Gasteiger charge is -2.12. The van der Waals surface area contributed by atoms with Gasteiger partial charge in [-0.1, -0.05) is 45.0 Å². The highest BCUT2D eigenvalue weighted by molar-refractivity contribution is 6.01. The fourth-order valence-electron chi connectivity index (χ4n) is 2.50. The van der Waals surface area contributed by atoms with Gasteiger partial charge in [-0.2, -0.15) is 0 Å². The number of hydrogen-bond donors (Lipinski definition) is 3. The molecule has 0 saturated heterocycles. The van der Waals surface area contributed by atoms with E-state index in [1.165, 1.54) is 6.07 Å². The van der Waals surface area contributed by atoms with Crippen molar-refractivity contribution in [2.24, 2.45) is 0 Å². The highest BCUT2D eigenvalue weighted by atomic mass is 16.3. The van der Waals surface area contributed by atoms with E-state index in [-0.39, 0.29) is 29.7 Å².